The van der Waals surface area contributed by atoms with Gasteiger partial charge in [0.05, 0.1) is 29.1 Å². The number of methoxy groups -OCH3 is 1. The molecule has 1 aromatic carbocycles. The van der Waals surface area contributed by atoms with Crippen molar-refractivity contribution < 1.29 is 22.7 Å². The maximum atomic E-state index is 13.0. The first-order valence-corrected chi connectivity index (χ1v) is 7.64. The number of thiophene rings is 1. The molecule has 6 nitrogen and oxygen atoms in total. The maximum Gasteiger partial charge on any atom is 0.416 e. The number of nitrogens with zero attached hydrogens (tertiary/aromatic N) is 1. The fourth-order valence-electron chi connectivity index (χ4n) is 2.30. The molecule has 3 rings (SSSR count). The standard InChI is InChI=1S/C15H9F3N2O4S/c1-24-13(22)7-4-11(25-6-7)20-10-5-8(15(16,17)18)2-3-9(10)12(21)19-14(20)23/h2-6H,1H3,(H,19,21,23). The lowest BCUT2D eigenvalue weighted by Gasteiger charge is -2.11. The van der Waals surface area contributed by atoms with E-state index in [4.69, 9.17) is 0 Å². The van der Waals surface area contributed by atoms with Gasteiger partial charge >= 0.3 is 17.8 Å². The molecule has 0 saturated carbocycles. The predicted molar refractivity (Wildman–Crippen MR) is 84.4 cm³/mol. The van der Waals surface area contributed by atoms with Crippen LogP contribution >= 0.6 is 11.3 Å². The van der Waals surface area contributed by atoms with Crippen LogP contribution in [0.4, 0.5) is 13.2 Å². The van der Waals surface area contributed by atoms with Crippen molar-refractivity contribution in [2.45, 2.75) is 6.18 Å². The molecule has 0 aliphatic heterocycles. The average Bonchev–Trinajstić information content (AvgIpc) is 3.02. The number of carbonyl (C=O) groups is 1. The number of hydrogen-bond acceptors (Lipinski definition) is 5. The highest BCUT2D eigenvalue weighted by molar-refractivity contribution is 7.12. The number of fused-ring (bicyclic) bond motifs is 1. The number of aromatic amines is 1. The number of carbonyl (C=O) groups excluding carboxylic acids is 1. The van der Waals surface area contributed by atoms with E-state index in [-0.39, 0.29) is 21.5 Å². The second kappa shape index (κ2) is 5.88. The molecule has 0 spiro atoms. The number of H-pyrrole nitrogens is 1. The summed E-state index contributed by atoms with van der Waals surface area (Å²) in [6.45, 7) is 0. The number of benzene rings is 1. The van der Waals surface area contributed by atoms with Crippen LogP contribution in [0.3, 0.4) is 0 Å². The molecule has 0 fully saturated rings. The molecule has 25 heavy (non-hydrogen) atoms. The van der Waals surface area contributed by atoms with Crippen molar-refractivity contribution in [2.24, 2.45) is 0 Å². The van der Waals surface area contributed by atoms with Crippen LogP contribution in [0.2, 0.25) is 0 Å². The third-order valence-corrected chi connectivity index (χ3v) is 4.37. The van der Waals surface area contributed by atoms with E-state index in [2.05, 4.69) is 9.72 Å². The summed E-state index contributed by atoms with van der Waals surface area (Å²) in [5.74, 6) is -0.653. The Morgan fingerprint density at radius 2 is 1.96 bits per heavy atom. The first-order chi connectivity index (χ1) is 11.7. The third kappa shape index (κ3) is 2.95. The van der Waals surface area contributed by atoms with E-state index in [0.29, 0.717) is 0 Å². The van der Waals surface area contributed by atoms with Crippen LogP contribution in [0.25, 0.3) is 15.9 Å². The molecule has 10 heteroatoms. The van der Waals surface area contributed by atoms with Crippen molar-refractivity contribution in [3.8, 4) is 5.00 Å². The van der Waals surface area contributed by atoms with Gasteiger partial charge in [0.25, 0.3) is 5.56 Å². The van der Waals surface area contributed by atoms with Gasteiger partial charge in [-0.3, -0.25) is 14.3 Å². The van der Waals surface area contributed by atoms with Crippen molar-refractivity contribution >= 4 is 28.2 Å². The molecule has 0 radical (unpaired) electrons. The first-order valence-electron chi connectivity index (χ1n) is 6.76. The highest BCUT2D eigenvalue weighted by Gasteiger charge is 2.31. The van der Waals surface area contributed by atoms with Crippen LogP contribution in [0.15, 0.2) is 39.2 Å². The molecule has 0 aliphatic rings. The van der Waals surface area contributed by atoms with Gasteiger partial charge in [0, 0.05) is 5.38 Å². The minimum Gasteiger partial charge on any atom is -0.465 e. The first kappa shape index (κ1) is 17.0. The second-order valence-corrected chi connectivity index (χ2v) is 5.88. The lowest BCUT2D eigenvalue weighted by Crippen LogP contribution is -2.29. The average molecular weight is 370 g/mol. The van der Waals surface area contributed by atoms with Gasteiger partial charge in [0.15, 0.2) is 0 Å². The van der Waals surface area contributed by atoms with Gasteiger partial charge in [-0.1, -0.05) is 0 Å². The Morgan fingerprint density at radius 1 is 1.24 bits per heavy atom. The minimum atomic E-state index is -4.63. The molecule has 0 bridgehead atoms. The molecule has 2 aromatic heterocycles. The van der Waals surface area contributed by atoms with Gasteiger partial charge in [-0.15, -0.1) is 11.3 Å². The van der Waals surface area contributed by atoms with Crippen LogP contribution < -0.4 is 11.2 Å². The molecule has 0 saturated heterocycles. The van der Waals surface area contributed by atoms with Crippen molar-refractivity contribution in [2.75, 3.05) is 7.11 Å². The topological polar surface area (TPSA) is 81.2 Å². The Hall–Kier alpha value is -2.88. The highest BCUT2D eigenvalue weighted by atomic mass is 32.1. The Balaban J connectivity index is 2.33. The van der Waals surface area contributed by atoms with Crippen LogP contribution in [0, 0.1) is 0 Å². The number of nitrogens with one attached hydrogen (secondary N) is 1. The number of alkyl halides is 3. The number of hydrogen-bond donors (Lipinski definition) is 1. The minimum absolute atomic E-state index is 0.0828. The molecule has 0 unspecified atom stereocenters. The summed E-state index contributed by atoms with van der Waals surface area (Å²) in [6.07, 6.45) is -4.63. The summed E-state index contributed by atoms with van der Waals surface area (Å²) in [7, 11) is 1.18. The molecule has 2 heterocycles. The zero-order valence-corrected chi connectivity index (χ0v) is 13.3. The Kier molecular flexibility index (Phi) is 3.99. The molecule has 0 amide bonds. The smallest absolute Gasteiger partial charge is 0.416 e. The monoisotopic (exact) mass is 370 g/mol. The third-order valence-electron chi connectivity index (χ3n) is 3.46. The highest BCUT2D eigenvalue weighted by Crippen LogP contribution is 2.31. The normalized spacial score (nSPS) is 11.7. The summed E-state index contributed by atoms with van der Waals surface area (Å²) in [5, 5.41) is 1.49. The SMILES string of the molecule is COC(=O)c1csc(-n2c(=O)[nH]c(=O)c3ccc(C(F)(F)F)cc32)c1. The summed E-state index contributed by atoms with van der Waals surface area (Å²) in [4.78, 5) is 37.7. The van der Waals surface area contributed by atoms with Crippen molar-refractivity contribution in [1.82, 2.24) is 9.55 Å². The Morgan fingerprint density at radius 3 is 2.60 bits per heavy atom. The van der Waals surface area contributed by atoms with E-state index in [0.717, 1.165) is 34.1 Å². The lowest BCUT2D eigenvalue weighted by molar-refractivity contribution is -0.137. The van der Waals surface area contributed by atoms with Gasteiger partial charge in [0.2, 0.25) is 0 Å². The van der Waals surface area contributed by atoms with E-state index < -0.39 is 29.0 Å². The summed E-state index contributed by atoms with van der Waals surface area (Å²) in [5.41, 5.74) is -2.77. The van der Waals surface area contributed by atoms with E-state index >= 15 is 0 Å². The number of aromatic nitrogens is 2. The molecule has 0 aliphatic carbocycles. The predicted octanol–water partition coefficient (Wildman–Crippen LogP) is 2.55. The zero-order valence-electron chi connectivity index (χ0n) is 12.5. The summed E-state index contributed by atoms with van der Waals surface area (Å²) < 4.78 is 44.4. The fraction of sp³-hybridized carbons (Fsp3) is 0.133. The molecule has 1 N–H and O–H groups in total. The molecular weight excluding hydrogens is 361 g/mol. The summed E-state index contributed by atoms with van der Waals surface area (Å²) >= 11 is 0.953. The number of rotatable bonds is 2. The van der Waals surface area contributed by atoms with Crippen LogP contribution in [-0.2, 0) is 10.9 Å². The lowest BCUT2D eigenvalue weighted by atomic mass is 10.1. The van der Waals surface area contributed by atoms with E-state index in [9.17, 15) is 27.6 Å². The number of ether oxygens (including phenoxy) is 1. The number of halogens is 3. The van der Waals surface area contributed by atoms with Crippen LogP contribution in [0.1, 0.15) is 15.9 Å². The van der Waals surface area contributed by atoms with Gasteiger partial charge in [-0.25, -0.2) is 9.59 Å². The van der Waals surface area contributed by atoms with Gasteiger partial charge in [0.1, 0.15) is 5.00 Å². The molecule has 130 valence electrons. The van der Waals surface area contributed by atoms with E-state index in [1.807, 2.05) is 0 Å². The van der Waals surface area contributed by atoms with Gasteiger partial charge in [-0.2, -0.15) is 13.2 Å². The quantitative estimate of drug-likeness (QED) is 0.703. The summed E-state index contributed by atoms with van der Waals surface area (Å²) in [6, 6.07) is 3.79. The van der Waals surface area contributed by atoms with Crippen LogP contribution in [0.5, 0.6) is 0 Å². The van der Waals surface area contributed by atoms with Gasteiger partial charge in [-0.05, 0) is 24.3 Å². The van der Waals surface area contributed by atoms with Crippen molar-refractivity contribution in [3.63, 3.8) is 0 Å². The molecular formula is C15H9F3N2O4S. The van der Waals surface area contributed by atoms with Crippen molar-refractivity contribution in [1.29, 1.82) is 0 Å². The van der Waals surface area contributed by atoms with Crippen LogP contribution in [-0.4, -0.2) is 22.6 Å². The molecule has 0 atom stereocenters. The van der Waals surface area contributed by atoms with E-state index in [1.165, 1.54) is 18.6 Å². The fourth-order valence-corrected chi connectivity index (χ4v) is 3.19. The largest absolute Gasteiger partial charge is 0.465 e. The Labute approximate surface area is 141 Å². The van der Waals surface area contributed by atoms with Gasteiger partial charge < -0.3 is 4.74 Å². The zero-order chi connectivity index (χ0) is 18.4. The number of esters is 1. The second-order valence-electron chi connectivity index (χ2n) is 4.99. The molecule has 3 aromatic rings. The maximum absolute atomic E-state index is 13.0. The van der Waals surface area contributed by atoms with Crippen molar-refractivity contribution in [3.05, 3.63) is 61.6 Å². The Bertz CT molecular complexity index is 1090. The van der Waals surface area contributed by atoms with E-state index in [1.54, 1.807) is 0 Å².